The number of hydrogen-bond donors (Lipinski definition) is 0. The number of hydrogen-bond acceptors (Lipinski definition) is 3. The zero-order valence-electron chi connectivity index (χ0n) is 8.87. The van der Waals surface area contributed by atoms with Crippen molar-refractivity contribution in [3.63, 3.8) is 0 Å². The molecule has 0 aromatic heterocycles. The Bertz CT molecular complexity index is 494. The molecule has 17 heavy (non-hydrogen) atoms. The van der Waals surface area contributed by atoms with E-state index in [1.54, 1.807) is 6.07 Å². The highest BCUT2D eigenvalue weighted by Crippen LogP contribution is 2.28. The van der Waals surface area contributed by atoms with Crippen molar-refractivity contribution in [3.8, 4) is 11.8 Å². The number of nitrogens with zero attached hydrogens (tertiary/aromatic N) is 1. The summed E-state index contributed by atoms with van der Waals surface area (Å²) in [5.74, 6) is -1.18. The lowest BCUT2D eigenvalue weighted by atomic mass is 10.1. The van der Waals surface area contributed by atoms with Crippen molar-refractivity contribution in [3.05, 3.63) is 41.2 Å². The van der Waals surface area contributed by atoms with Gasteiger partial charge < -0.3 is 4.74 Å². The normalized spacial score (nSPS) is 9.47. The lowest BCUT2D eigenvalue weighted by Crippen LogP contribution is -2.03. The van der Waals surface area contributed by atoms with E-state index < -0.39 is 11.6 Å². The molecule has 1 aromatic carbocycles. The van der Waals surface area contributed by atoms with Gasteiger partial charge in [0.2, 0.25) is 0 Å². The Morgan fingerprint density at radius 2 is 2.35 bits per heavy atom. The van der Waals surface area contributed by atoms with Crippen LogP contribution >= 0.6 is 11.6 Å². The first-order valence-electron chi connectivity index (χ1n) is 4.73. The topological polar surface area (TPSA) is 50.1 Å². The van der Waals surface area contributed by atoms with Crippen LogP contribution in [0.1, 0.15) is 16.8 Å². The van der Waals surface area contributed by atoms with Crippen molar-refractivity contribution in [2.75, 3.05) is 6.61 Å². The summed E-state index contributed by atoms with van der Waals surface area (Å²) in [4.78, 5) is 11.4. The van der Waals surface area contributed by atoms with E-state index in [1.165, 1.54) is 12.1 Å². The first-order valence-corrected chi connectivity index (χ1v) is 5.10. The third-order valence-electron chi connectivity index (χ3n) is 1.92. The van der Waals surface area contributed by atoms with Gasteiger partial charge >= 0.3 is 0 Å². The monoisotopic (exact) mass is 253 g/mol. The number of ketones is 1. The molecule has 0 saturated carbocycles. The molecule has 0 bridgehead atoms. The van der Waals surface area contributed by atoms with Crippen molar-refractivity contribution in [1.82, 2.24) is 0 Å². The van der Waals surface area contributed by atoms with Crippen molar-refractivity contribution in [2.45, 2.75) is 6.42 Å². The predicted molar refractivity (Wildman–Crippen MR) is 61.7 cm³/mol. The highest BCUT2D eigenvalue weighted by Gasteiger charge is 2.15. The number of nitriles is 1. The summed E-state index contributed by atoms with van der Waals surface area (Å²) in [6.45, 7) is 3.65. The fraction of sp³-hybridized carbons (Fsp3) is 0.167. The summed E-state index contributed by atoms with van der Waals surface area (Å²) in [6.07, 6.45) is 1.11. The fourth-order valence-corrected chi connectivity index (χ4v) is 1.37. The van der Waals surface area contributed by atoms with Gasteiger partial charge in [0.15, 0.2) is 5.78 Å². The van der Waals surface area contributed by atoms with Crippen molar-refractivity contribution >= 4 is 17.4 Å². The Labute approximate surface area is 103 Å². The maximum atomic E-state index is 13.4. The third-order valence-corrected chi connectivity index (χ3v) is 2.21. The molecule has 0 aliphatic carbocycles. The lowest BCUT2D eigenvalue weighted by Gasteiger charge is -2.08. The maximum Gasteiger partial charge on any atom is 0.179 e. The van der Waals surface area contributed by atoms with E-state index in [0.717, 1.165) is 6.07 Å². The molecule has 1 aromatic rings. The average Bonchev–Trinajstić information content (AvgIpc) is 2.28. The Balaban J connectivity index is 3.10. The minimum atomic E-state index is -0.763. The van der Waals surface area contributed by atoms with Gasteiger partial charge in [0.25, 0.3) is 0 Å². The molecule has 0 N–H and O–H groups in total. The molecule has 5 heteroatoms. The molecule has 0 radical (unpaired) electrons. The molecule has 0 heterocycles. The molecule has 0 saturated heterocycles. The SMILES string of the molecule is C=CCOc1cc(C(=O)CC#N)c(F)cc1Cl. The summed E-state index contributed by atoms with van der Waals surface area (Å²) in [6, 6.07) is 3.85. The van der Waals surface area contributed by atoms with Crippen molar-refractivity contribution < 1.29 is 13.9 Å². The quantitative estimate of drug-likeness (QED) is 0.598. The molecular weight excluding hydrogens is 245 g/mol. The van der Waals surface area contributed by atoms with Crippen LogP contribution < -0.4 is 4.74 Å². The Morgan fingerprint density at radius 1 is 1.65 bits per heavy atom. The minimum absolute atomic E-state index is 0.0675. The summed E-state index contributed by atoms with van der Waals surface area (Å²) in [5.41, 5.74) is -0.199. The standard InChI is InChI=1S/C12H9ClFNO2/c1-2-5-17-12-6-8(11(16)3-4-15)10(14)7-9(12)13/h2,6-7H,1,3,5H2. The number of Topliss-reactive ketones (excluding diaryl/α,β-unsaturated/α-hetero) is 1. The summed E-state index contributed by atoms with van der Waals surface area (Å²) in [7, 11) is 0. The van der Waals surface area contributed by atoms with Gasteiger partial charge in [-0.15, -0.1) is 0 Å². The molecule has 0 unspecified atom stereocenters. The zero-order chi connectivity index (χ0) is 12.8. The van der Waals surface area contributed by atoms with Crippen molar-refractivity contribution in [1.29, 1.82) is 5.26 Å². The first-order chi connectivity index (χ1) is 8.10. The van der Waals surface area contributed by atoms with Gasteiger partial charge in [0.1, 0.15) is 18.2 Å². The molecule has 3 nitrogen and oxygen atoms in total. The number of halogens is 2. The second-order valence-corrected chi connectivity index (χ2v) is 3.53. The van der Waals surface area contributed by atoms with E-state index in [9.17, 15) is 9.18 Å². The number of carbonyl (C=O) groups excluding carboxylic acids is 1. The van der Waals surface area contributed by atoms with Gasteiger partial charge in [-0.2, -0.15) is 5.26 Å². The summed E-state index contributed by atoms with van der Waals surface area (Å²) >= 11 is 5.74. The van der Waals surface area contributed by atoms with Gasteiger partial charge in [0.05, 0.1) is 23.1 Å². The summed E-state index contributed by atoms with van der Waals surface area (Å²) in [5, 5.41) is 8.46. The van der Waals surface area contributed by atoms with Crippen LogP contribution in [-0.2, 0) is 0 Å². The second kappa shape index (κ2) is 6.02. The van der Waals surface area contributed by atoms with E-state index in [1.807, 2.05) is 0 Å². The van der Waals surface area contributed by atoms with Crippen LogP contribution in [0, 0.1) is 17.1 Å². The molecule has 1 rings (SSSR count). The maximum absolute atomic E-state index is 13.4. The van der Waals surface area contributed by atoms with E-state index in [0.29, 0.717) is 0 Å². The number of ether oxygens (including phenoxy) is 1. The van der Waals surface area contributed by atoms with Gasteiger partial charge in [-0.05, 0) is 12.1 Å². The lowest BCUT2D eigenvalue weighted by molar-refractivity contribution is 0.0993. The second-order valence-electron chi connectivity index (χ2n) is 3.12. The average molecular weight is 254 g/mol. The molecular formula is C12H9ClFNO2. The Hall–Kier alpha value is -1.86. The van der Waals surface area contributed by atoms with Gasteiger partial charge in [-0.25, -0.2) is 4.39 Å². The van der Waals surface area contributed by atoms with Gasteiger partial charge in [-0.1, -0.05) is 24.3 Å². The molecule has 0 atom stereocenters. The molecule has 0 spiro atoms. The largest absolute Gasteiger partial charge is 0.488 e. The highest BCUT2D eigenvalue weighted by atomic mass is 35.5. The van der Waals surface area contributed by atoms with Crippen LogP contribution in [0.2, 0.25) is 5.02 Å². The van der Waals surface area contributed by atoms with Gasteiger partial charge in [0, 0.05) is 0 Å². The number of carbonyl (C=O) groups is 1. The predicted octanol–water partition coefficient (Wildman–Crippen LogP) is 3.14. The van der Waals surface area contributed by atoms with Crippen LogP contribution in [0.4, 0.5) is 4.39 Å². The number of rotatable bonds is 5. The third kappa shape index (κ3) is 3.30. The van der Waals surface area contributed by atoms with Crippen LogP contribution in [0.15, 0.2) is 24.8 Å². The smallest absolute Gasteiger partial charge is 0.179 e. The highest BCUT2D eigenvalue weighted by molar-refractivity contribution is 6.32. The van der Waals surface area contributed by atoms with Crippen LogP contribution in [0.25, 0.3) is 0 Å². The Kier molecular flexibility index (Phi) is 4.68. The van der Waals surface area contributed by atoms with Crippen LogP contribution in [0.5, 0.6) is 5.75 Å². The van der Waals surface area contributed by atoms with E-state index in [2.05, 4.69) is 6.58 Å². The first kappa shape index (κ1) is 13.2. The van der Waals surface area contributed by atoms with E-state index >= 15 is 0 Å². The minimum Gasteiger partial charge on any atom is -0.488 e. The Morgan fingerprint density at radius 3 is 2.94 bits per heavy atom. The van der Waals surface area contributed by atoms with Gasteiger partial charge in [-0.3, -0.25) is 4.79 Å². The van der Waals surface area contributed by atoms with Crippen LogP contribution in [-0.4, -0.2) is 12.4 Å². The molecule has 0 aliphatic heterocycles. The van der Waals surface area contributed by atoms with E-state index in [4.69, 9.17) is 21.6 Å². The number of benzene rings is 1. The molecule has 0 fully saturated rings. The molecule has 88 valence electrons. The summed E-state index contributed by atoms with van der Waals surface area (Å²) < 4.78 is 18.6. The van der Waals surface area contributed by atoms with E-state index in [-0.39, 0.29) is 29.4 Å². The van der Waals surface area contributed by atoms with Crippen LogP contribution in [0.3, 0.4) is 0 Å². The molecule has 0 aliphatic rings. The fourth-order valence-electron chi connectivity index (χ4n) is 1.17. The zero-order valence-corrected chi connectivity index (χ0v) is 9.63. The van der Waals surface area contributed by atoms with Crippen molar-refractivity contribution in [2.24, 2.45) is 0 Å². The molecule has 0 amide bonds.